The number of aliphatic hydroxyl groups is 1. The maximum absolute atomic E-state index is 9.65. The Morgan fingerprint density at radius 1 is 1.62 bits per heavy atom. The van der Waals surface area contributed by atoms with Gasteiger partial charge in [0.25, 0.3) is 0 Å². The zero-order chi connectivity index (χ0) is 9.90. The van der Waals surface area contributed by atoms with Crippen LogP contribution in [0.3, 0.4) is 0 Å². The molecule has 3 heteroatoms. The lowest BCUT2D eigenvalue weighted by Crippen LogP contribution is -2.14. The maximum atomic E-state index is 9.65. The monoisotopic (exact) mass is 178 g/mol. The molecular formula is C10H14N2O. The van der Waals surface area contributed by atoms with Crippen LogP contribution in [0.2, 0.25) is 0 Å². The first kappa shape index (κ1) is 9.82. The van der Waals surface area contributed by atoms with Gasteiger partial charge in [0.2, 0.25) is 0 Å². The normalized spacial score (nSPS) is 11.2. The molecule has 1 N–H and O–H groups in total. The first-order valence-corrected chi connectivity index (χ1v) is 4.29. The Morgan fingerprint density at radius 3 is 2.77 bits per heavy atom. The smallest absolute Gasteiger partial charge is 0.0855 e. The van der Waals surface area contributed by atoms with E-state index in [2.05, 4.69) is 6.07 Å². The lowest BCUT2D eigenvalue weighted by atomic mass is 10.0. The third-order valence-corrected chi connectivity index (χ3v) is 1.94. The largest absolute Gasteiger partial charge is 0.386 e. The van der Waals surface area contributed by atoms with E-state index in [0.717, 1.165) is 5.56 Å². The molecule has 0 aliphatic carbocycles. The van der Waals surface area contributed by atoms with E-state index in [-0.39, 0.29) is 0 Å². The molecule has 1 aromatic rings. The Hall–Kier alpha value is -1.27. The third kappa shape index (κ3) is 2.60. The minimum absolute atomic E-state index is 0.500. The predicted molar refractivity (Wildman–Crippen MR) is 49.9 cm³/mol. The summed E-state index contributed by atoms with van der Waals surface area (Å²) in [4.78, 5) is 0. The number of aryl methyl sites for hydroxylation is 1. The molecule has 0 saturated heterocycles. The van der Waals surface area contributed by atoms with Crippen molar-refractivity contribution in [2.75, 3.05) is 0 Å². The Kier molecular flexibility index (Phi) is 2.74. The van der Waals surface area contributed by atoms with Crippen LogP contribution in [0.4, 0.5) is 0 Å². The molecule has 3 nitrogen and oxygen atoms in total. The van der Waals surface area contributed by atoms with E-state index in [4.69, 9.17) is 5.26 Å². The highest BCUT2D eigenvalue weighted by atomic mass is 16.3. The van der Waals surface area contributed by atoms with Crippen LogP contribution < -0.4 is 0 Å². The first-order valence-electron chi connectivity index (χ1n) is 4.29. The number of nitrogens with zero attached hydrogens (tertiary/aromatic N) is 2. The standard InChI is InChI=1S/C10H14N2O/c1-10(2,13)9-4-7-12(8-9)6-3-5-11/h4,7-8,13H,3,6H2,1-2H3. The Morgan fingerprint density at radius 2 is 2.31 bits per heavy atom. The number of rotatable bonds is 3. The number of aromatic nitrogens is 1. The van der Waals surface area contributed by atoms with Crippen molar-refractivity contribution in [2.45, 2.75) is 32.4 Å². The fourth-order valence-corrected chi connectivity index (χ4v) is 1.12. The molecule has 0 spiro atoms. The molecule has 0 aromatic carbocycles. The molecule has 0 aliphatic rings. The fraction of sp³-hybridized carbons (Fsp3) is 0.500. The first-order chi connectivity index (χ1) is 6.04. The zero-order valence-corrected chi connectivity index (χ0v) is 7.99. The van der Waals surface area contributed by atoms with Gasteiger partial charge in [-0.2, -0.15) is 5.26 Å². The topological polar surface area (TPSA) is 49.0 Å². The second-order valence-electron chi connectivity index (χ2n) is 3.61. The number of hydrogen-bond donors (Lipinski definition) is 1. The molecule has 70 valence electrons. The molecule has 1 rings (SSSR count). The van der Waals surface area contributed by atoms with Crippen molar-refractivity contribution >= 4 is 0 Å². The average Bonchev–Trinajstić information content (AvgIpc) is 2.47. The highest BCUT2D eigenvalue weighted by molar-refractivity contribution is 5.17. The summed E-state index contributed by atoms with van der Waals surface area (Å²) in [7, 11) is 0. The average molecular weight is 178 g/mol. The van der Waals surface area contributed by atoms with Gasteiger partial charge in [0, 0.05) is 24.5 Å². The van der Waals surface area contributed by atoms with Crippen molar-refractivity contribution in [3.8, 4) is 6.07 Å². The van der Waals surface area contributed by atoms with Crippen molar-refractivity contribution in [3.63, 3.8) is 0 Å². The summed E-state index contributed by atoms with van der Waals surface area (Å²) in [5.41, 5.74) is 0.0863. The van der Waals surface area contributed by atoms with Gasteiger partial charge < -0.3 is 9.67 Å². The van der Waals surface area contributed by atoms with Crippen LogP contribution in [0.25, 0.3) is 0 Å². The Balaban J connectivity index is 2.71. The molecule has 0 unspecified atom stereocenters. The van der Waals surface area contributed by atoms with E-state index in [1.807, 2.05) is 23.0 Å². The second kappa shape index (κ2) is 3.63. The van der Waals surface area contributed by atoms with Crippen LogP contribution in [0.5, 0.6) is 0 Å². The van der Waals surface area contributed by atoms with Gasteiger partial charge in [0.15, 0.2) is 0 Å². The maximum Gasteiger partial charge on any atom is 0.0855 e. The number of hydrogen-bond acceptors (Lipinski definition) is 2. The zero-order valence-electron chi connectivity index (χ0n) is 7.99. The summed E-state index contributed by atoms with van der Waals surface area (Å²) in [5.74, 6) is 0. The van der Waals surface area contributed by atoms with Gasteiger partial charge in [-0.15, -0.1) is 0 Å². The van der Waals surface area contributed by atoms with Gasteiger partial charge in [-0.1, -0.05) is 0 Å². The van der Waals surface area contributed by atoms with Gasteiger partial charge in [0.05, 0.1) is 18.1 Å². The van der Waals surface area contributed by atoms with E-state index >= 15 is 0 Å². The van der Waals surface area contributed by atoms with E-state index < -0.39 is 5.60 Å². The van der Waals surface area contributed by atoms with Crippen LogP contribution in [-0.4, -0.2) is 9.67 Å². The third-order valence-electron chi connectivity index (χ3n) is 1.94. The van der Waals surface area contributed by atoms with E-state index in [1.54, 1.807) is 13.8 Å². The van der Waals surface area contributed by atoms with Crippen molar-refractivity contribution in [2.24, 2.45) is 0 Å². The summed E-state index contributed by atoms with van der Waals surface area (Å²) in [5, 5.41) is 18.0. The molecule has 1 heterocycles. The molecule has 13 heavy (non-hydrogen) atoms. The lowest BCUT2D eigenvalue weighted by molar-refractivity contribution is 0.0786. The van der Waals surface area contributed by atoms with Crippen molar-refractivity contribution in [1.82, 2.24) is 4.57 Å². The van der Waals surface area contributed by atoms with Gasteiger partial charge in [0.1, 0.15) is 0 Å². The summed E-state index contributed by atoms with van der Waals surface area (Å²) in [6.45, 7) is 4.18. The lowest BCUT2D eigenvalue weighted by Gasteiger charge is -2.14. The van der Waals surface area contributed by atoms with Gasteiger partial charge in [-0.25, -0.2) is 0 Å². The van der Waals surface area contributed by atoms with Crippen LogP contribution in [0.15, 0.2) is 18.5 Å². The van der Waals surface area contributed by atoms with Crippen LogP contribution in [0.1, 0.15) is 25.8 Å². The van der Waals surface area contributed by atoms with Crippen LogP contribution in [-0.2, 0) is 12.1 Å². The van der Waals surface area contributed by atoms with Crippen molar-refractivity contribution in [1.29, 1.82) is 5.26 Å². The molecule has 0 fully saturated rings. The van der Waals surface area contributed by atoms with E-state index in [0.29, 0.717) is 13.0 Å². The van der Waals surface area contributed by atoms with Gasteiger partial charge in [-0.05, 0) is 19.9 Å². The van der Waals surface area contributed by atoms with Gasteiger partial charge >= 0.3 is 0 Å². The van der Waals surface area contributed by atoms with Crippen molar-refractivity contribution < 1.29 is 5.11 Å². The SMILES string of the molecule is CC(C)(O)c1ccn(CCC#N)c1. The highest BCUT2D eigenvalue weighted by Gasteiger charge is 2.16. The molecule has 0 saturated carbocycles. The molecule has 0 amide bonds. The molecular weight excluding hydrogens is 164 g/mol. The molecule has 0 atom stereocenters. The highest BCUT2D eigenvalue weighted by Crippen LogP contribution is 2.19. The van der Waals surface area contributed by atoms with Gasteiger partial charge in [-0.3, -0.25) is 0 Å². The molecule has 0 radical (unpaired) electrons. The van der Waals surface area contributed by atoms with Crippen molar-refractivity contribution in [3.05, 3.63) is 24.0 Å². The van der Waals surface area contributed by atoms with Crippen LogP contribution in [0, 0.1) is 11.3 Å². The second-order valence-corrected chi connectivity index (χ2v) is 3.61. The molecule has 0 aliphatic heterocycles. The predicted octanol–water partition coefficient (Wildman–Crippen LogP) is 1.63. The summed E-state index contributed by atoms with van der Waals surface area (Å²) in [6, 6.07) is 3.95. The number of nitriles is 1. The summed E-state index contributed by atoms with van der Waals surface area (Å²) < 4.78 is 1.91. The summed E-state index contributed by atoms with van der Waals surface area (Å²) >= 11 is 0. The minimum atomic E-state index is -0.794. The van der Waals surface area contributed by atoms with E-state index in [1.165, 1.54) is 0 Å². The van der Waals surface area contributed by atoms with Crippen LogP contribution >= 0.6 is 0 Å². The minimum Gasteiger partial charge on any atom is -0.386 e. The quantitative estimate of drug-likeness (QED) is 0.764. The summed E-state index contributed by atoms with van der Waals surface area (Å²) in [6.07, 6.45) is 4.25. The van der Waals surface area contributed by atoms with E-state index in [9.17, 15) is 5.11 Å². The Bertz CT molecular complexity index is 314. The molecule has 1 aromatic heterocycles. The molecule has 0 bridgehead atoms. The Labute approximate surface area is 78.2 Å². The fourth-order valence-electron chi connectivity index (χ4n) is 1.12.